The quantitative estimate of drug-likeness (QED) is 0.416. The van der Waals surface area contributed by atoms with E-state index in [0.717, 1.165) is 12.8 Å². The van der Waals surface area contributed by atoms with E-state index < -0.39 is 27.9 Å². The summed E-state index contributed by atoms with van der Waals surface area (Å²) in [5.41, 5.74) is 0. The fourth-order valence-electron chi connectivity index (χ4n) is 1.92. The summed E-state index contributed by atoms with van der Waals surface area (Å²) >= 11 is 0. The minimum atomic E-state index is -3.97. The molecule has 0 bridgehead atoms. The lowest BCUT2D eigenvalue weighted by Gasteiger charge is -2.09. The van der Waals surface area contributed by atoms with Crippen LogP contribution in [0.1, 0.15) is 78.1 Å². The standard InChI is InChI=1S/C15H30O5S/c1-3-4-5-6-7-8-9-10-11-12-15(17)20-21(18,19)14(2)13-16/h14,16H,3-13H2,1-2H3. The SMILES string of the molecule is CCCCCCCCCCCC(=O)OS(=O)(=O)C(C)CO. The van der Waals surface area contributed by atoms with Crippen LogP contribution in [0, 0.1) is 0 Å². The summed E-state index contributed by atoms with van der Waals surface area (Å²) in [6.45, 7) is 2.95. The predicted molar refractivity (Wildman–Crippen MR) is 83.4 cm³/mol. The fraction of sp³-hybridized carbons (Fsp3) is 0.933. The lowest BCUT2D eigenvalue weighted by Crippen LogP contribution is -2.26. The van der Waals surface area contributed by atoms with E-state index in [1.54, 1.807) is 0 Å². The van der Waals surface area contributed by atoms with E-state index in [4.69, 9.17) is 5.11 Å². The molecular formula is C15H30O5S. The van der Waals surface area contributed by atoms with Gasteiger partial charge in [-0.15, -0.1) is 0 Å². The molecule has 5 nitrogen and oxygen atoms in total. The summed E-state index contributed by atoms with van der Waals surface area (Å²) in [6, 6.07) is 0. The molecule has 0 saturated carbocycles. The molecule has 0 fully saturated rings. The van der Waals surface area contributed by atoms with Crippen LogP contribution in [0.2, 0.25) is 0 Å². The smallest absolute Gasteiger partial charge is 0.322 e. The van der Waals surface area contributed by atoms with E-state index in [9.17, 15) is 13.2 Å². The van der Waals surface area contributed by atoms with E-state index in [2.05, 4.69) is 11.1 Å². The fourth-order valence-corrected chi connectivity index (χ4v) is 2.61. The van der Waals surface area contributed by atoms with Crippen molar-refractivity contribution < 1.29 is 22.5 Å². The van der Waals surface area contributed by atoms with Crippen molar-refractivity contribution in [2.45, 2.75) is 83.3 Å². The van der Waals surface area contributed by atoms with E-state index in [1.165, 1.54) is 45.4 Å². The Labute approximate surface area is 129 Å². The number of aliphatic hydroxyl groups is 1. The predicted octanol–water partition coefficient (Wildman–Crippen LogP) is 3.16. The average Bonchev–Trinajstić information content (AvgIpc) is 2.44. The van der Waals surface area contributed by atoms with Crippen molar-refractivity contribution in [3.63, 3.8) is 0 Å². The maximum Gasteiger partial charge on any atom is 0.322 e. The van der Waals surface area contributed by atoms with Crippen LogP contribution in [-0.2, 0) is 19.1 Å². The Balaban J connectivity index is 3.59. The molecular weight excluding hydrogens is 292 g/mol. The van der Waals surface area contributed by atoms with Crippen LogP contribution >= 0.6 is 0 Å². The molecule has 1 atom stereocenters. The van der Waals surface area contributed by atoms with Crippen LogP contribution in [0.15, 0.2) is 0 Å². The molecule has 6 heteroatoms. The molecule has 1 unspecified atom stereocenters. The van der Waals surface area contributed by atoms with Crippen molar-refractivity contribution in [2.75, 3.05) is 6.61 Å². The molecule has 0 heterocycles. The molecule has 1 N–H and O–H groups in total. The Bertz CT molecular complexity index is 364. The number of carbonyl (C=O) groups is 1. The maximum absolute atomic E-state index is 11.4. The van der Waals surface area contributed by atoms with Crippen LogP contribution < -0.4 is 0 Å². The molecule has 0 aromatic rings. The van der Waals surface area contributed by atoms with Crippen LogP contribution in [0.3, 0.4) is 0 Å². The highest BCUT2D eigenvalue weighted by atomic mass is 32.2. The highest BCUT2D eigenvalue weighted by molar-refractivity contribution is 7.87. The van der Waals surface area contributed by atoms with Gasteiger partial charge in [0.25, 0.3) is 0 Å². The lowest BCUT2D eigenvalue weighted by molar-refractivity contribution is -0.134. The average molecular weight is 322 g/mol. The molecule has 0 rings (SSSR count). The van der Waals surface area contributed by atoms with E-state index in [-0.39, 0.29) is 6.42 Å². The summed E-state index contributed by atoms with van der Waals surface area (Å²) in [7, 11) is -3.97. The number of aliphatic hydroxyl groups excluding tert-OH is 1. The Hall–Kier alpha value is -0.620. The number of unbranched alkanes of at least 4 members (excludes halogenated alkanes) is 8. The van der Waals surface area contributed by atoms with Gasteiger partial charge in [-0.1, -0.05) is 58.3 Å². The van der Waals surface area contributed by atoms with E-state index >= 15 is 0 Å². The number of carbonyl (C=O) groups excluding carboxylic acids is 1. The van der Waals surface area contributed by atoms with Crippen LogP contribution in [0.25, 0.3) is 0 Å². The molecule has 126 valence electrons. The largest absolute Gasteiger partial charge is 0.395 e. The van der Waals surface area contributed by atoms with Gasteiger partial charge in [0.1, 0.15) is 5.25 Å². The van der Waals surface area contributed by atoms with Crippen molar-refractivity contribution in [3.8, 4) is 0 Å². The second-order valence-electron chi connectivity index (χ2n) is 5.52. The lowest BCUT2D eigenvalue weighted by atomic mass is 10.1. The third-order valence-corrected chi connectivity index (χ3v) is 5.00. The monoisotopic (exact) mass is 322 g/mol. The van der Waals surface area contributed by atoms with Gasteiger partial charge in [0, 0.05) is 6.42 Å². The van der Waals surface area contributed by atoms with Crippen LogP contribution in [0.4, 0.5) is 0 Å². The Morgan fingerprint density at radius 3 is 1.95 bits per heavy atom. The molecule has 21 heavy (non-hydrogen) atoms. The third kappa shape index (κ3) is 10.7. The van der Waals surface area contributed by atoms with Gasteiger partial charge in [-0.3, -0.25) is 4.79 Å². The first-order chi connectivity index (χ1) is 9.94. The number of hydrogen-bond donors (Lipinski definition) is 1. The highest BCUT2D eigenvalue weighted by Gasteiger charge is 2.24. The van der Waals surface area contributed by atoms with Crippen LogP contribution in [0.5, 0.6) is 0 Å². The first-order valence-corrected chi connectivity index (χ1v) is 9.48. The zero-order valence-electron chi connectivity index (χ0n) is 13.3. The normalized spacial score (nSPS) is 13.1. The van der Waals surface area contributed by atoms with Crippen molar-refractivity contribution in [2.24, 2.45) is 0 Å². The summed E-state index contributed by atoms with van der Waals surface area (Å²) in [5.74, 6) is -0.724. The van der Waals surface area contributed by atoms with Crippen molar-refractivity contribution >= 4 is 16.1 Å². The van der Waals surface area contributed by atoms with Gasteiger partial charge in [-0.2, -0.15) is 8.42 Å². The summed E-state index contributed by atoms with van der Waals surface area (Å²) in [5, 5.41) is 7.70. The second kappa shape index (κ2) is 12.0. The highest BCUT2D eigenvalue weighted by Crippen LogP contribution is 2.12. The molecule has 0 spiro atoms. The molecule has 0 amide bonds. The van der Waals surface area contributed by atoms with Gasteiger partial charge in [-0.25, -0.2) is 0 Å². The Morgan fingerprint density at radius 2 is 1.48 bits per heavy atom. The van der Waals surface area contributed by atoms with Crippen LogP contribution in [-0.4, -0.2) is 31.4 Å². The summed E-state index contributed by atoms with van der Waals surface area (Å²) in [6.07, 6.45) is 10.3. The maximum atomic E-state index is 11.4. The molecule has 0 radical (unpaired) electrons. The van der Waals surface area contributed by atoms with Crippen molar-refractivity contribution in [1.29, 1.82) is 0 Å². The van der Waals surface area contributed by atoms with Gasteiger partial charge in [-0.05, 0) is 13.3 Å². The second-order valence-corrected chi connectivity index (χ2v) is 7.48. The van der Waals surface area contributed by atoms with Crippen molar-refractivity contribution in [1.82, 2.24) is 0 Å². The third-order valence-electron chi connectivity index (χ3n) is 3.44. The topological polar surface area (TPSA) is 80.7 Å². The van der Waals surface area contributed by atoms with Gasteiger partial charge < -0.3 is 9.29 Å². The molecule has 0 aliphatic carbocycles. The first kappa shape index (κ1) is 20.4. The van der Waals surface area contributed by atoms with E-state index in [1.807, 2.05) is 0 Å². The van der Waals surface area contributed by atoms with Crippen molar-refractivity contribution in [3.05, 3.63) is 0 Å². The van der Waals surface area contributed by atoms with Gasteiger partial charge >= 0.3 is 16.1 Å². The molecule has 0 aliphatic rings. The zero-order valence-corrected chi connectivity index (χ0v) is 14.2. The molecule has 0 aliphatic heterocycles. The Morgan fingerprint density at radius 1 is 1.00 bits per heavy atom. The minimum Gasteiger partial charge on any atom is -0.395 e. The molecule has 0 saturated heterocycles. The molecule has 0 aromatic heterocycles. The van der Waals surface area contributed by atoms with Gasteiger partial charge in [0.2, 0.25) is 0 Å². The molecule has 0 aromatic carbocycles. The van der Waals surface area contributed by atoms with Gasteiger partial charge in [0.05, 0.1) is 6.61 Å². The number of rotatable bonds is 13. The Kier molecular flexibility index (Phi) is 11.6. The first-order valence-electron chi connectivity index (χ1n) is 8.01. The minimum absolute atomic E-state index is 0.118. The van der Waals surface area contributed by atoms with E-state index in [0.29, 0.717) is 6.42 Å². The number of hydrogen-bond acceptors (Lipinski definition) is 5. The zero-order chi connectivity index (χ0) is 16.1. The van der Waals surface area contributed by atoms with Gasteiger partial charge in [0.15, 0.2) is 0 Å². The summed E-state index contributed by atoms with van der Waals surface area (Å²) in [4.78, 5) is 11.4. The summed E-state index contributed by atoms with van der Waals surface area (Å²) < 4.78 is 27.3.